The summed E-state index contributed by atoms with van der Waals surface area (Å²) in [6, 6.07) is 7.67. The minimum Gasteiger partial charge on any atom is -0.305 e. The quantitative estimate of drug-likeness (QED) is 0.800. The van der Waals surface area contributed by atoms with Crippen molar-refractivity contribution < 1.29 is 4.79 Å². The van der Waals surface area contributed by atoms with E-state index in [1.807, 2.05) is 36.6 Å². The van der Waals surface area contributed by atoms with Crippen LogP contribution in [0.4, 0.5) is 5.82 Å². The molecular weight excluding hydrogens is 290 g/mol. The molecule has 3 aromatic rings. The zero-order valence-corrected chi connectivity index (χ0v) is 12.3. The predicted octanol–water partition coefficient (Wildman–Crippen LogP) is 3.83. The topological polar surface area (TPSA) is 54.9 Å². The molecule has 0 radical (unpaired) electrons. The van der Waals surface area contributed by atoms with Gasteiger partial charge in [0.2, 0.25) is 0 Å². The smallest absolute Gasteiger partial charge is 0.276 e. The number of rotatable bonds is 3. The summed E-state index contributed by atoms with van der Waals surface area (Å²) in [4.78, 5) is 21.6. The molecule has 0 aliphatic heterocycles. The SMILES string of the molecule is Cc1ccnc(NC(=O)c2csc(-c3cccs3)n2)c1. The van der Waals surface area contributed by atoms with Crippen molar-refractivity contribution in [1.82, 2.24) is 9.97 Å². The molecule has 0 unspecified atom stereocenters. The summed E-state index contributed by atoms with van der Waals surface area (Å²) in [5, 5.41) is 7.38. The lowest BCUT2D eigenvalue weighted by molar-refractivity contribution is 0.102. The Morgan fingerprint density at radius 1 is 1.30 bits per heavy atom. The van der Waals surface area contributed by atoms with E-state index in [9.17, 15) is 4.79 Å². The lowest BCUT2D eigenvalue weighted by atomic mass is 10.3. The number of carbonyl (C=O) groups is 1. The van der Waals surface area contributed by atoms with Crippen molar-refractivity contribution in [2.24, 2.45) is 0 Å². The summed E-state index contributed by atoms with van der Waals surface area (Å²) in [6.45, 7) is 1.95. The van der Waals surface area contributed by atoms with Crippen LogP contribution in [0.1, 0.15) is 16.1 Å². The van der Waals surface area contributed by atoms with Crippen LogP contribution >= 0.6 is 22.7 Å². The molecule has 0 fully saturated rings. The van der Waals surface area contributed by atoms with Gasteiger partial charge in [-0.05, 0) is 36.1 Å². The third-order valence-corrected chi connectivity index (χ3v) is 4.51. The summed E-state index contributed by atoms with van der Waals surface area (Å²) < 4.78 is 0. The Morgan fingerprint density at radius 3 is 2.95 bits per heavy atom. The van der Waals surface area contributed by atoms with E-state index in [0.29, 0.717) is 11.5 Å². The lowest BCUT2D eigenvalue weighted by Crippen LogP contribution is -2.13. The molecule has 0 atom stereocenters. The number of thiazole rings is 1. The largest absolute Gasteiger partial charge is 0.305 e. The summed E-state index contributed by atoms with van der Waals surface area (Å²) in [5.74, 6) is 0.308. The monoisotopic (exact) mass is 301 g/mol. The Bertz CT molecular complexity index is 734. The highest BCUT2D eigenvalue weighted by atomic mass is 32.1. The number of anilines is 1. The molecule has 0 saturated heterocycles. The van der Waals surface area contributed by atoms with E-state index in [2.05, 4.69) is 15.3 Å². The van der Waals surface area contributed by atoms with Gasteiger partial charge < -0.3 is 5.32 Å². The zero-order chi connectivity index (χ0) is 13.9. The first-order chi connectivity index (χ1) is 9.72. The van der Waals surface area contributed by atoms with Gasteiger partial charge in [0.15, 0.2) is 0 Å². The van der Waals surface area contributed by atoms with Crippen LogP contribution in [0.15, 0.2) is 41.2 Å². The molecule has 0 spiro atoms. The van der Waals surface area contributed by atoms with Gasteiger partial charge in [0.1, 0.15) is 16.5 Å². The number of aromatic nitrogens is 2. The number of hydrogen-bond acceptors (Lipinski definition) is 5. The molecule has 3 rings (SSSR count). The molecule has 4 nitrogen and oxygen atoms in total. The first-order valence-corrected chi connectivity index (χ1v) is 7.72. The molecule has 0 saturated carbocycles. The van der Waals surface area contributed by atoms with Crippen LogP contribution in [0, 0.1) is 6.92 Å². The van der Waals surface area contributed by atoms with Gasteiger partial charge in [-0.1, -0.05) is 6.07 Å². The van der Waals surface area contributed by atoms with E-state index in [-0.39, 0.29) is 5.91 Å². The van der Waals surface area contributed by atoms with Crippen LogP contribution in [-0.4, -0.2) is 15.9 Å². The second kappa shape index (κ2) is 5.52. The lowest BCUT2D eigenvalue weighted by Gasteiger charge is -2.02. The Balaban J connectivity index is 1.78. The first-order valence-electron chi connectivity index (χ1n) is 5.96. The molecule has 0 aliphatic carbocycles. The summed E-state index contributed by atoms with van der Waals surface area (Å²) >= 11 is 3.08. The van der Waals surface area contributed by atoms with Crippen molar-refractivity contribution in [2.45, 2.75) is 6.92 Å². The Hall–Kier alpha value is -2.05. The van der Waals surface area contributed by atoms with Crippen molar-refractivity contribution in [2.75, 3.05) is 5.32 Å². The Morgan fingerprint density at radius 2 is 2.20 bits per heavy atom. The molecule has 20 heavy (non-hydrogen) atoms. The molecule has 1 N–H and O–H groups in total. The number of pyridine rings is 1. The predicted molar refractivity (Wildman–Crippen MR) is 82.4 cm³/mol. The third-order valence-electron chi connectivity index (χ3n) is 2.63. The molecule has 0 aromatic carbocycles. The Kier molecular flexibility index (Phi) is 3.58. The van der Waals surface area contributed by atoms with Gasteiger partial charge >= 0.3 is 0 Å². The standard InChI is InChI=1S/C14H11N3OS2/c1-9-4-5-15-12(7-9)17-13(18)10-8-20-14(16-10)11-3-2-6-19-11/h2-8H,1H3,(H,15,17,18). The van der Waals surface area contributed by atoms with E-state index in [0.717, 1.165) is 15.4 Å². The average Bonchev–Trinajstić information content (AvgIpc) is 3.10. The molecule has 3 heterocycles. The summed E-state index contributed by atoms with van der Waals surface area (Å²) in [5.41, 5.74) is 1.47. The van der Waals surface area contributed by atoms with Gasteiger partial charge in [-0.3, -0.25) is 4.79 Å². The fourth-order valence-electron chi connectivity index (χ4n) is 1.68. The summed E-state index contributed by atoms with van der Waals surface area (Å²) in [6.07, 6.45) is 1.67. The van der Waals surface area contributed by atoms with Crippen LogP contribution in [0.25, 0.3) is 9.88 Å². The Labute approximate surface area is 124 Å². The van der Waals surface area contributed by atoms with Gasteiger partial charge in [0, 0.05) is 11.6 Å². The van der Waals surface area contributed by atoms with E-state index in [1.165, 1.54) is 11.3 Å². The number of thiophene rings is 1. The minimum atomic E-state index is -0.234. The van der Waals surface area contributed by atoms with Crippen molar-refractivity contribution in [3.8, 4) is 9.88 Å². The number of amides is 1. The molecule has 0 aliphatic rings. The van der Waals surface area contributed by atoms with Gasteiger partial charge in [-0.2, -0.15) is 0 Å². The number of aryl methyl sites for hydroxylation is 1. The van der Waals surface area contributed by atoms with Crippen molar-refractivity contribution in [1.29, 1.82) is 0 Å². The van der Waals surface area contributed by atoms with Crippen LogP contribution in [0.5, 0.6) is 0 Å². The van der Waals surface area contributed by atoms with Crippen molar-refractivity contribution >= 4 is 34.4 Å². The van der Waals surface area contributed by atoms with Crippen LogP contribution < -0.4 is 5.32 Å². The minimum absolute atomic E-state index is 0.234. The number of carbonyl (C=O) groups excluding carboxylic acids is 1. The fourth-order valence-corrected chi connectivity index (χ4v) is 3.29. The number of nitrogens with zero attached hydrogens (tertiary/aromatic N) is 2. The van der Waals surface area contributed by atoms with Crippen LogP contribution in [-0.2, 0) is 0 Å². The molecule has 0 bridgehead atoms. The maximum Gasteiger partial charge on any atom is 0.276 e. The fraction of sp³-hybridized carbons (Fsp3) is 0.0714. The van der Waals surface area contributed by atoms with Gasteiger partial charge in [0.25, 0.3) is 5.91 Å². The number of nitrogens with one attached hydrogen (secondary N) is 1. The third kappa shape index (κ3) is 2.76. The average molecular weight is 301 g/mol. The molecular formula is C14H11N3OS2. The van der Waals surface area contributed by atoms with Gasteiger partial charge in [-0.15, -0.1) is 22.7 Å². The number of hydrogen-bond donors (Lipinski definition) is 1. The maximum atomic E-state index is 12.1. The highest BCUT2D eigenvalue weighted by Crippen LogP contribution is 2.27. The normalized spacial score (nSPS) is 10.4. The van der Waals surface area contributed by atoms with Gasteiger partial charge in [-0.25, -0.2) is 9.97 Å². The van der Waals surface area contributed by atoms with Crippen LogP contribution in [0.2, 0.25) is 0 Å². The zero-order valence-electron chi connectivity index (χ0n) is 10.7. The van der Waals surface area contributed by atoms with Crippen molar-refractivity contribution in [3.63, 3.8) is 0 Å². The second-order valence-electron chi connectivity index (χ2n) is 4.19. The van der Waals surface area contributed by atoms with E-state index < -0.39 is 0 Å². The molecule has 6 heteroatoms. The molecule has 100 valence electrons. The van der Waals surface area contributed by atoms with Crippen molar-refractivity contribution in [3.05, 3.63) is 52.5 Å². The molecule has 3 aromatic heterocycles. The first kappa shape index (κ1) is 13.0. The summed E-state index contributed by atoms with van der Waals surface area (Å²) in [7, 11) is 0. The molecule has 1 amide bonds. The van der Waals surface area contributed by atoms with Crippen LogP contribution in [0.3, 0.4) is 0 Å². The highest BCUT2D eigenvalue weighted by molar-refractivity contribution is 7.20. The van der Waals surface area contributed by atoms with E-state index in [1.54, 1.807) is 22.9 Å². The maximum absolute atomic E-state index is 12.1. The second-order valence-corrected chi connectivity index (χ2v) is 5.99. The van der Waals surface area contributed by atoms with Gasteiger partial charge in [0.05, 0.1) is 4.88 Å². The van der Waals surface area contributed by atoms with E-state index >= 15 is 0 Å². The highest BCUT2D eigenvalue weighted by Gasteiger charge is 2.13. The van der Waals surface area contributed by atoms with E-state index in [4.69, 9.17) is 0 Å².